The monoisotopic (exact) mass is 553 g/mol. The Labute approximate surface area is 219 Å². The summed E-state index contributed by atoms with van der Waals surface area (Å²) < 4.78 is 70.3. The fourth-order valence-corrected chi connectivity index (χ4v) is 5.55. The zero-order valence-corrected chi connectivity index (χ0v) is 21.9. The number of ether oxygens (including phenoxy) is 1. The van der Waals surface area contributed by atoms with Gasteiger partial charge in [-0.25, -0.2) is 18.4 Å². The number of alkyl halides is 3. The van der Waals surface area contributed by atoms with Crippen LogP contribution in [0.25, 0.3) is 0 Å². The number of sulfone groups is 1. The Morgan fingerprint density at radius 3 is 2.53 bits per heavy atom. The van der Waals surface area contributed by atoms with E-state index in [1.165, 1.54) is 30.6 Å². The van der Waals surface area contributed by atoms with E-state index in [0.717, 1.165) is 5.56 Å². The third kappa shape index (κ3) is 5.87. The molecule has 10 nitrogen and oxygen atoms in total. The van der Waals surface area contributed by atoms with Crippen molar-refractivity contribution in [1.82, 2.24) is 10.6 Å². The molecule has 0 aliphatic carbocycles. The lowest BCUT2D eigenvalue weighted by Gasteiger charge is -2.32. The summed E-state index contributed by atoms with van der Waals surface area (Å²) in [5, 5.41) is 8.02. The molecule has 0 radical (unpaired) electrons. The van der Waals surface area contributed by atoms with Crippen LogP contribution in [0.15, 0.2) is 51.3 Å². The molecule has 0 amide bonds. The molecule has 38 heavy (non-hydrogen) atoms. The highest BCUT2D eigenvalue weighted by Gasteiger charge is 2.36. The number of aryl methyl sites for hydroxylation is 1. The first-order valence-electron chi connectivity index (χ1n) is 12.0. The molecule has 4 rings (SSSR count). The van der Waals surface area contributed by atoms with Crippen molar-refractivity contribution in [3.8, 4) is 5.75 Å². The third-order valence-electron chi connectivity index (χ3n) is 6.19. The van der Waals surface area contributed by atoms with Gasteiger partial charge in [0.2, 0.25) is 11.7 Å². The molecule has 2 aromatic carbocycles. The van der Waals surface area contributed by atoms with E-state index < -0.39 is 33.0 Å². The van der Waals surface area contributed by atoms with Gasteiger partial charge in [0.1, 0.15) is 0 Å². The van der Waals surface area contributed by atoms with Crippen LogP contribution in [0.1, 0.15) is 25.0 Å². The molecular formula is C24H30F3N7O3S. The van der Waals surface area contributed by atoms with E-state index in [1.807, 2.05) is 4.90 Å². The van der Waals surface area contributed by atoms with Crippen LogP contribution in [0.2, 0.25) is 0 Å². The van der Waals surface area contributed by atoms with Crippen LogP contribution < -0.4 is 31.3 Å². The standard InChI is InChI=1S/C24H30F3N7O3S/c1-15(2)38(35,36)21-7-5-4-6-17(21)23(28)31-14-30-22(33-23)32-18-12-16(3)19(34-10-8-29-9-11-34)13-20(18)37-24(25,26)27/h4-7,12-15,29H,8-11,28H2,1-3H3,(H2,30,31,32,33). The van der Waals surface area contributed by atoms with E-state index in [0.29, 0.717) is 31.9 Å². The lowest BCUT2D eigenvalue weighted by atomic mass is 10.1. The van der Waals surface area contributed by atoms with E-state index in [-0.39, 0.29) is 22.1 Å². The minimum Gasteiger partial charge on any atom is -0.403 e. The molecule has 0 aromatic heterocycles. The van der Waals surface area contributed by atoms with E-state index in [1.54, 1.807) is 32.9 Å². The first kappa shape index (κ1) is 27.7. The van der Waals surface area contributed by atoms with Gasteiger partial charge in [-0.3, -0.25) is 5.73 Å². The molecule has 1 unspecified atom stereocenters. The number of benzene rings is 2. The number of aliphatic imine (C=N–C) groups is 2. The van der Waals surface area contributed by atoms with Crippen LogP contribution in [0.4, 0.5) is 24.5 Å². The first-order chi connectivity index (χ1) is 17.8. The second kappa shape index (κ2) is 10.4. The maximum atomic E-state index is 13.3. The topological polar surface area (TPSA) is 133 Å². The van der Waals surface area contributed by atoms with Crippen LogP contribution in [0.5, 0.6) is 5.75 Å². The number of nitrogens with one attached hydrogen (secondary N) is 3. The minimum absolute atomic E-state index is 0.00861. The quantitative estimate of drug-likeness (QED) is 0.429. The number of guanidine groups is 1. The molecule has 206 valence electrons. The highest BCUT2D eigenvalue weighted by Crippen LogP contribution is 2.37. The van der Waals surface area contributed by atoms with Gasteiger partial charge < -0.3 is 25.6 Å². The van der Waals surface area contributed by atoms with Crippen molar-refractivity contribution in [2.75, 3.05) is 36.4 Å². The Morgan fingerprint density at radius 1 is 1.18 bits per heavy atom. The van der Waals surface area contributed by atoms with Crippen LogP contribution in [0, 0.1) is 6.92 Å². The molecule has 0 bridgehead atoms. The highest BCUT2D eigenvalue weighted by atomic mass is 32.2. The lowest BCUT2D eigenvalue weighted by Crippen LogP contribution is -2.45. The van der Waals surface area contributed by atoms with Crippen LogP contribution in [-0.4, -0.2) is 58.5 Å². The van der Waals surface area contributed by atoms with Crippen molar-refractivity contribution in [3.05, 3.63) is 47.5 Å². The fraction of sp³-hybridized carbons (Fsp3) is 0.417. The van der Waals surface area contributed by atoms with E-state index in [2.05, 4.69) is 30.7 Å². The summed E-state index contributed by atoms with van der Waals surface area (Å²) in [7, 11) is -3.74. The number of nitrogens with zero attached hydrogens (tertiary/aromatic N) is 3. The largest absolute Gasteiger partial charge is 0.573 e. The summed E-state index contributed by atoms with van der Waals surface area (Å²) >= 11 is 0. The first-order valence-corrected chi connectivity index (χ1v) is 13.5. The van der Waals surface area contributed by atoms with Crippen LogP contribution in [-0.2, 0) is 15.6 Å². The van der Waals surface area contributed by atoms with E-state index in [9.17, 15) is 21.6 Å². The van der Waals surface area contributed by atoms with E-state index in [4.69, 9.17) is 5.73 Å². The summed E-state index contributed by atoms with van der Waals surface area (Å²) in [5.41, 5.74) is 7.92. The maximum Gasteiger partial charge on any atom is 0.573 e. The zero-order chi connectivity index (χ0) is 27.7. The Morgan fingerprint density at radius 2 is 1.87 bits per heavy atom. The van der Waals surface area contributed by atoms with Gasteiger partial charge in [-0.1, -0.05) is 18.2 Å². The van der Waals surface area contributed by atoms with Gasteiger partial charge in [-0.15, -0.1) is 13.2 Å². The number of halogens is 3. The van der Waals surface area contributed by atoms with Gasteiger partial charge in [0, 0.05) is 43.5 Å². The molecule has 0 spiro atoms. The Balaban J connectivity index is 1.73. The summed E-state index contributed by atoms with van der Waals surface area (Å²) in [6, 6.07) is 8.98. The molecule has 1 atom stereocenters. The van der Waals surface area contributed by atoms with E-state index >= 15 is 0 Å². The van der Waals surface area contributed by atoms with Crippen LogP contribution in [0.3, 0.4) is 0 Å². The molecule has 14 heteroatoms. The summed E-state index contributed by atoms with van der Waals surface area (Å²) in [6.07, 6.45) is -3.72. The normalized spacial score (nSPS) is 20.2. The van der Waals surface area contributed by atoms with Crippen molar-refractivity contribution in [3.63, 3.8) is 0 Å². The second-order valence-electron chi connectivity index (χ2n) is 9.22. The summed E-state index contributed by atoms with van der Waals surface area (Å²) in [6.45, 7) is 7.58. The van der Waals surface area contributed by atoms with Crippen LogP contribution >= 0.6 is 0 Å². The number of nitrogens with two attached hydrogens (primary N) is 1. The average Bonchev–Trinajstić information content (AvgIpc) is 2.85. The molecule has 1 saturated heterocycles. The predicted octanol–water partition coefficient (Wildman–Crippen LogP) is 2.65. The molecular weight excluding hydrogens is 523 g/mol. The van der Waals surface area contributed by atoms with Gasteiger partial charge in [0.25, 0.3) is 0 Å². The number of anilines is 2. The highest BCUT2D eigenvalue weighted by molar-refractivity contribution is 7.92. The van der Waals surface area contributed by atoms with Gasteiger partial charge in [-0.05, 0) is 38.5 Å². The second-order valence-corrected chi connectivity index (χ2v) is 11.7. The van der Waals surface area contributed by atoms with Gasteiger partial charge >= 0.3 is 6.36 Å². The Kier molecular flexibility index (Phi) is 7.59. The number of hydrogen-bond donors (Lipinski definition) is 4. The zero-order valence-electron chi connectivity index (χ0n) is 21.1. The predicted molar refractivity (Wildman–Crippen MR) is 140 cm³/mol. The Hall–Kier alpha value is -3.36. The molecule has 5 N–H and O–H groups in total. The average molecular weight is 554 g/mol. The number of piperazine rings is 1. The lowest BCUT2D eigenvalue weighted by molar-refractivity contribution is -0.274. The summed E-state index contributed by atoms with van der Waals surface area (Å²) in [5.74, 6) is -2.35. The molecule has 1 fully saturated rings. The van der Waals surface area contributed by atoms with Gasteiger partial charge in [0.05, 0.1) is 22.2 Å². The fourth-order valence-electron chi connectivity index (χ4n) is 4.25. The smallest absolute Gasteiger partial charge is 0.403 e. The van der Waals surface area contributed by atoms with Crippen molar-refractivity contribution >= 4 is 33.5 Å². The Bertz CT molecular complexity index is 1360. The van der Waals surface area contributed by atoms with Crippen molar-refractivity contribution < 1.29 is 26.3 Å². The van der Waals surface area contributed by atoms with Gasteiger partial charge in [-0.2, -0.15) is 0 Å². The van der Waals surface area contributed by atoms with Crippen molar-refractivity contribution in [2.45, 2.75) is 43.1 Å². The van der Waals surface area contributed by atoms with Crippen molar-refractivity contribution in [1.29, 1.82) is 0 Å². The summed E-state index contributed by atoms with van der Waals surface area (Å²) in [4.78, 5) is 10.5. The number of rotatable bonds is 6. The SMILES string of the molecule is Cc1cc(NC2=NC(N)(c3ccccc3S(=O)(=O)C(C)C)N=CN2)c(OC(F)(F)F)cc1N1CCNCC1. The molecule has 2 aromatic rings. The minimum atomic E-state index is -4.93. The van der Waals surface area contributed by atoms with Crippen molar-refractivity contribution in [2.24, 2.45) is 15.7 Å². The third-order valence-corrected chi connectivity index (χ3v) is 8.40. The maximum absolute atomic E-state index is 13.3. The molecule has 2 aliphatic rings. The molecule has 0 saturated carbocycles. The number of hydrogen-bond acceptors (Lipinski definition) is 10. The molecule has 2 aliphatic heterocycles. The van der Waals surface area contributed by atoms with Gasteiger partial charge in [0.15, 0.2) is 15.6 Å². The molecule has 2 heterocycles.